The number of amides is 1. The Morgan fingerprint density at radius 1 is 1.21 bits per heavy atom. The highest BCUT2D eigenvalue weighted by Crippen LogP contribution is 2.40. The molecule has 0 saturated heterocycles. The molecule has 1 fully saturated rings. The summed E-state index contributed by atoms with van der Waals surface area (Å²) in [6.07, 6.45) is 2.73. The normalized spacial score (nSPS) is 18.9. The second-order valence-electron chi connectivity index (χ2n) is 6.90. The Labute approximate surface area is 167 Å². The van der Waals surface area contributed by atoms with Gasteiger partial charge in [-0.1, -0.05) is 25.0 Å². The summed E-state index contributed by atoms with van der Waals surface area (Å²) < 4.78 is 5.18. The van der Waals surface area contributed by atoms with Crippen LogP contribution in [0.5, 0.6) is 5.75 Å². The summed E-state index contributed by atoms with van der Waals surface area (Å²) in [7, 11) is 1.59. The second-order valence-corrected chi connectivity index (χ2v) is 8.13. The number of anilines is 1. The summed E-state index contributed by atoms with van der Waals surface area (Å²) in [5.41, 5.74) is 2.06. The van der Waals surface area contributed by atoms with E-state index in [9.17, 15) is 20.0 Å². The highest BCUT2D eigenvalue weighted by molar-refractivity contribution is 7.17. The minimum atomic E-state index is -0.929. The lowest BCUT2D eigenvalue weighted by molar-refractivity contribution is -0.147. The van der Waals surface area contributed by atoms with Gasteiger partial charge in [-0.05, 0) is 37.5 Å². The minimum absolute atomic E-state index is 0.314. The van der Waals surface area contributed by atoms with Crippen molar-refractivity contribution in [3.05, 3.63) is 34.7 Å². The lowest BCUT2D eigenvalue weighted by Crippen LogP contribution is -2.36. The summed E-state index contributed by atoms with van der Waals surface area (Å²) in [5, 5.41) is 22.5. The van der Waals surface area contributed by atoms with Gasteiger partial charge in [-0.3, -0.25) is 9.59 Å². The van der Waals surface area contributed by atoms with E-state index in [2.05, 4.69) is 11.4 Å². The minimum Gasteiger partial charge on any atom is -0.497 e. The van der Waals surface area contributed by atoms with E-state index in [1.807, 2.05) is 31.2 Å². The van der Waals surface area contributed by atoms with Gasteiger partial charge in [-0.15, -0.1) is 11.3 Å². The third kappa shape index (κ3) is 3.87. The maximum atomic E-state index is 12.8. The number of carbonyl (C=O) groups is 2. The fourth-order valence-corrected chi connectivity index (χ4v) is 4.82. The number of nitrogens with zero attached hydrogens (tertiary/aromatic N) is 1. The zero-order valence-electron chi connectivity index (χ0n) is 15.8. The first-order chi connectivity index (χ1) is 13.5. The van der Waals surface area contributed by atoms with Crippen molar-refractivity contribution in [2.75, 3.05) is 12.4 Å². The van der Waals surface area contributed by atoms with E-state index in [1.54, 1.807) is 7.11 Å². The maximum absolute atomic E-state index is 12.8. The Kier molecular flexibility index (Phi) is 6.00. The van der Waals surface area contributed by atoms with Crippen molar-refractivity contribution in [3.8, 4) is 22.9 Å². The molecule has 2 aromatic rings. The molecule has 3 rings (SSSR count). The van der Waals surface area contributed by atoms with Crippen molar-refractivity contribution in [1.82, 2.24) is 0 Å². The third-order valence-electron chi connectivity index (χ3n) is 5.23. The Bertz CT molecular complexity index is 927. The molecule has 0 aliphatic heterocycles. The topological polar surface area (TPSA) is 99.4 Å². The number of aryl methyl sites for hydroxylation is 1. The summed E-state index contributed by atoms with van der Waals surface area (Å²) in [4.78, 5) is 25.2. The van der Waals surface area contributed by atoms with Gasteiger partial charge in [-0.25, -0.2) is 0 Å². The number of carboxylic acid groups (broad SMARTS) is 1. The number of benzene rings is 1. The molecule has 1 aromatic carbocycles. The number of ether oxygens (including phenoxy) is 1. The van der Waals surface area contributed by atoms with Gasteiger partial charge >= 0.3 is 5.97 Å². The van der Waals surface area contributed by atoms with Crippen molar-refractivity contribution < 1.29 is 19.4 Å². The van der Waals surface area contributed by atoms with E-state index >= 15 is 0 Å². The predicted molar refractivity (Wildman–Crippen MR) is 107 cm³/mol. The number of rotatable bonds is 5. The molecule has 1 amide bonds. The van der Waals surface area contributed by atoms with E-state index < -0.39 is 17.8 Å². The highest BCUT2D eigenvalue weighted by Gasteiger charge is 2.36. The van der Waals surface area contributed by atoms with Crippen LogP contribution in [0.25, 0.3) is 11.1 Å². The lowest BCUT2D eigenvalue weighted by atomic mass is 9.79. The summed E-state index contributed by atoms with van der Waals surface area (Å²) in [6, 6.07) is 9.61. The fourth-order valence-electron chi connectivity index (χ4n) is 3.79. The first-order valence-corrected chi connectivity index (χ1v) is 9.99. The van der Waals surface area contributed by atoms with Gasteiger partial charge in [0.05, 0.1) is 24.5 Å². The molecule has 0 bridgehead atoms. The van der Waals surface area contributed by atoms with Gasteiger partial charge in [0.15, 0.2) is 0 Å². The van der Waals surface area contributed by atoms with E-state index in [0.29, 0.717) is 23.4 Å². The van der Waals surface area contributed by atoms with Crippen LogP contribution in [0.2, 0.25) is 0 Å². The van der Waals surface area contributed by atoms with Gasteiger partial charge in [0.25, 0.3) is 0 Å². The molecule has 1 aliphatic rings. The Morgan fingerprint density at radius 3 is 2.43 bits per heavy atom. The number of thiophene rings is 1. The SMILES string of the molecule is COc1ccc(-c2c(C)sc(NC(=O)[C@@H]3CCCC[C@@H]3C(=O)O)c2C#N)cc1. The number of nitriles is 1. The average Bonchev–Trinajstić information content (AvgIpc) is 3.02. The molecule has 1 saturated carbocycles. The monoisotopic (exact) mass is 398 g/mol. The maximum Gasteiger partial charge on any atom is 0.307 e. The molecule has 7 heteroatoms. The highest BCUT2D eigenvalue weighted by atomic mass is 32.1. The van der Waals surface area contributed by atoms with E-state index in [1.165, 1.54) is 11.3 Å². The molecule has 0 spiro atoms. The Hall–Kier alpha value is -2.85. The molecule has 1 heterocycles. The van der Waals surface area contributed by atoms with Crippen molar-refractivity contribution in [1.29, 1.82) is 5.26 Å². The van der Waals surface area contributed by atoms with Crippen LogP contribution in [0.15, 0.2) is 24.3 Å². The van der Waals surface area contributed by atoms with E-state index in [4.69, 9.17) is 4.74 Å². The van der Waals surface area contributed by atoms with Crippen molar-refractivity contribution >= 4 is 28.2 Å². The van der Waals surface area contributed by atoms with E-state index in [0.717, 1.165) is 34.6 Å². The molecular weight excluding hydrogens is 376 g/mol. The standard InChI is InChI=1S/C21H22N2O4S/c1-12-18(13-7-9-14(27-2)10-8-13)17(11-22)20(28-12)23-19(24)15-5-3-4-6-16(15)21(25)26/h7-10,15-16H,3-6H2,1-2H3,(H,23,24)(H,25,26)/t15-,16+/m1/s1. The molecule has 146 valence electrons. The summed E-state index contributed by atoms with van der Waals surface area (Å²) in [6.45, 7) is 1.90. The number of carbonyl (C=O) groups excluding carboxylic acids is 1. The van der Waals surface area contributed by atoms with Gasteiger partial charge in [0.2, 0.25) is 5.91 Å². The number of nitrogens with one attached hydrogen (secondary N) is 1. The number of aliphatic carboxylic acids is 1. The first-order valence-electron chi connectivity index (χ1n) is 9.17. The third-order valence-corrected chi connectivity index (χ3v) is 6.25. The summed E-state index contributed by atoms with van der Waals surface area (Å²) in [5.74, 6) is -1.75. The number of hydrogen-bond acceptors (Lipinski definition) is 5. The van der Waals surface area contributed by atoms with Gasteiger partial charge in [-0.2, -0.15) is 5.26 Å². The fraction of sp³-hybridized carbons (Fsp3) is 0.381. The average molecular weight is 398 g/mol. The van der Waals surface area contributed by atoms with Crippen LogP contribution < -0.4 is 10.1 Å². The van der Waals surface area contributed by atoms with Crippen LogP contribution in [0.3, 0.4) is 0 Å². The lowest BCUT2D eigenvalue weighted by Gasteiger charge is -2.27. The molecule has 0 unspecified atom stereocenters. The largest absolute Gasteiger partial charge is 0.497 e. The van der Waals surface area contributed by atoms with Crippen LogP contribution in [-0.4, -0.2) is 24.1 Å². The second kappa shape index (κ2) is 8.44. The van der Waals surface area contributed by atoms with Crippen LogP contribution in [0.1, 0.15) is 36.1 Å². The molecule has 0 radical (unpaired) electrons. The quantitative estimate of drug-likeness (QED) is 0.776. The molecule has 28 heavy (non-hydrogen) atoms. The molecule has 1 aromatic heterocycles. The summed E-state index contributed by atoms with van der Waals surface area (Å²) >= 11 is 1.34. The Morgan fingerprint density at radius 2 is 1.86 bits per heavy atom. The van der Waals surface area contributed by atoms with Gasteiger partial charge < -0.3 is 15.2 Å². The van der Waals surface area contributed by atoms with E-state index in [-0.39, 0.29) is 5.91 Å². The zero-order chi connectivity index (χ0) is 20.3. The Balaban J connectivity index is 1.89. The van der Waals surface area contributed by atoms with Crippen molar-refractivity contribution in [2.24, 2.45) is 11.8 Å². The zero-order valence-corrected chi connectivity index (χ0v) is 16.6. The van der Waals surface area contributed by atoms with Crippen molar-refractivity contribution in [2.45, 2.75) is 32.6 Å². The van der Waals surface area contributed by atoms with Crippen LogP contribution >= 0.6 is 11.3 Å². The first kappa shape index (κ1) is 19.9. The van der Waals surface area contributed by atoms with Crippen molar-refractivity contribution in [3.63, 3.8) is 0 Å². The van der Waals surface area contributed by atoms with Crippen LogP contribution in [0, 0.1) is 30.1 Å². The number of carboxylic acids is 1. The molecule has 2 atom stereocenters. The smallest absolute Gasteiger partial charge is 0.307 e. The molecule has 2 N–H and O–H groups in total. The molecule has 6 nitrogen and oxygen atoms in total. The number of hydrogen-bond donors (Lipinski definition) is 2. The van der Waals surface area contributed by atoms with Gasteiger partial charge in [0.1, 0.15) is 16.8 Å². The van der Waals surface area contributed by atoms with Gasteiger partial charge in [0, 0.05) is 10.4 Å². The molecular formula is C21H22N2O4S. The van der Waals surface area contributed by atoms with Crippen LogP contribution in [0.4, 0.5) is 5.00 Å². The predicted octanol–water partition coefficient (Wildman–Crippen LogP) is 4.43. The molecule has 1 aliphatic carbocycles. The van der Waals surface area contributed by atoms with Crippen LogP contribution in [-0.2, 0) is 9.59 Å². The number of methoxy groups -OCH3 is 1.